The zero-order valence-corrected chi connectivity index (χ0v) is 11.2. The summed E-state index contributed by atoms with van der Waals surface area (Å²) in [7, 11) is -1.48. The molecule has 0 heterocycles. The van der Waals surface area contributed by atoms with E-state index in [1.165, 1.54) is 51.4 Å². The molecule has 0 radical (unpaired) electrons. The third-order valence-electron chi connectivity index (χ3n) is 2.56. The molecule has 0 atom stereocenters. The van der Waals surface area contributed by atoms with Gasteiger partial charge in [-0.15, -0.1) is 0 Å². The monoisotopic (exact) mass is 219 g/mol. The molecule has 2 heteroatoms. The van der Waals surface area contributed by atoms with E-state index in [0.717, 1.165) is 6.16 Å². The molecule has 86 valence electrons. The molecule has 0 aliphatic carbocycles. The molecule has 0 aromatic carbocycles. The van der Waals surface area contributed by atoms with Gasteiger partial charge in [0.15, 0.2) is 0 Å². The highest BCUT2D eigenvalue weighted by atomic mass is 31.2. The topological polar surface area (TPSA) is 20.2 Å². The lowest BCUT2D eigenvalue weighted by molar-refractivity contribution is 0.575. The van der Waals surface area contributed by atoms with Crippen LogP contribution in [0.5, 0.6) is 0 Å². The smallest absolute Gasteiger partial charge is 0.136 e. The second-order valence-corrected chi connectivity index (χ2v) is 8.51. The van der Waals surface area contributed by atoms with Crippen molar-refractivity contribution in [1.82, 2.24) is 0 Å². The Morgan fingerprint density at radius 3 is 1.64 bits per heavy atom. The molecule has 0 amide bonds. The van der Waals surface area contributed by atoms with Crippen molar-refractivity contribution in [3.63, 3.8) is 0 Å². The van der Waals surface area contributed by atoms with Crippen LogP contribution in [0, 0.1) is 0 Å². The molecule has 0 rings (SSSR count). The van der Waals surface area contributed by atoms with Gasteiger partial charge in [-0.1, -0.05) is 45.4 Å². The lowest BCUT2D eigenvalue weighted by Gasteiger charge is -2.08. The van der Waals surface area contributed by atoms with Crippen molar-refractivity contribution in [1.29, 1.82) is 0 Å². The average molecular weight is 219 g/mol. The lowest BCUT2D eigenvalue weighted by Crippen LogP contribution is -1.93. The SMILES string of the molecule is CCCCCCCCCC[P+](C)(C)O. The van der Waals surface area contributed by atoms with Gasteiger partial charge in [0.2, 0.25) is 0 Å². The van der Waals surface area contributed by atoms with Crippen LogP contribution in [0.1, 0.15) is 58.3 Å². The molecule has 0 aromatic rings. The second-order valence-electron chi connectivity index (χ2n) is 4.82. The molecule has 1 N–H and O–H groups in total. The van der Waals surface area contributed by atoms with E-state index in [9.17, 15) is 4.89 Å². The van der Waals surface area contributed by atoms with E-state index in [2.05, 4.69) is 6.92 Å². The number of hydrogen-bond acceptors (Lipinski definition) is 1. The fraction of sp³-hybridized carbons (Fsp3) is 1.00. The van der Waals surface area contributed by atoms with E-state index < -0.39 is 7.49 Å². The molecule has 0 saturated carbocycles. The Bertz CT molecular complexity index is 118. The first-order chi connectivity index (χ1) is 6.56. The van der Waals surface area contributed by atoms with Gasteiger partial charge in [0, 0.05) is 0 Å². The lowest BCUT2D eigenvalue weighted by atomic mass is 10.1. The first-order valence-corrected chi connectivity index (χ1v) is 8.94. The van der Waals surface area contributed by atoms with E-state index in [4.69, 9.17) is 0 Å². The maximum Gasteiger partial charge on any atom is 0.136 e. The molecule has 0 unspecified atom stereocenters. The minimum absolute atomic E-state index is 1.06. The summed E-state index contributed by atoms with van der Waals surface area (Å²) in [6, 6.07) is 0. The van der Waals surface area contributed by atoms with Crippen LogP contribution in [0.2, 0.25) is 0 Å². The predicted octanol–water partition coefficient (Wildman–Crippen LogP) is 4.31. The molecule has 0 fully saturated rings. The van der Waals surface area contributed by atoms with Crippen LogP contribution in [-0.4, -0.2) is 24.4 Å². The van der Waals surface area contributed by atoms with Gasteiger partial charge in [0.25, 0.3) is 0 Å². The molecule has 1 nitrogen and oxygen atoms in total. The van der Waals surface area contributed by atoms with Crippen molar-refractivity contribution in [2.75, 3.05) is 19.5 Å². The van der Waals surface area contributed by atoms with Crippen molar-refractivity contribution in [3.05, 3.63) is 0 Å². The molecular weight excluding hydrogens is 191 g/mol. The van der Waals surface area contributed by atoms with Crippen LogP contribution in [0.4, 0.5) is 0 Å². The van der Waals surface area contributed by atoms with Crippen LogP contribution in [0.3, 0.4) is 0 Å². The predicted molar refractivity (Wildman–Crippen MR) is 68.5 cm³/mol. The van der Waals surface area contributed by atoms with E-state index in [1.54, 1.807) is 0 Å². The van der Waals surface area contributed by atoms with Crippen molar-refractivity contribution in [2.24, 2.45) is 0 Å². The first kappa shape index (κ1) is 14.4. The highest BCUT2D eigenvalue weighted by molar-refractivity contribution is 7.68. The minimum Gasteiger partial charge on any atom is -0.252 e. The van der Waals surface area contributed by atoms with Crippen LogP contribution < -0.4 is 0 Å². The highest BCUT2D eigenvalue weighted by Crippen LogP contribution is 2.46. The van der Waals surface area contributed by atoms with Crippen molar-refractivity contribution in [2.45, 2.75) is 58.3 Å². The number of hydrogen-bond donors (Lipinski definition) is 1. The van der Waals surface area contributed by atoms with Gasteiger partial charge in [0.1, 0.15) is 7.49 Å². The standard InChI is InChI=1S/C12H28OP/c1-4-5-6-7-8-9-10-11-12-14(2,3)13/h13H,4-12H2,1-3H3/q+1. The van der Waals surface area contributed by atoms with Crippen molar-refractivity contribution >= 4 is 7.49 Å². The van der Waals surface area contributed by atoms with Crippen molar-refractivity contribution in [3.8, 4) is 0 Å². The van der Waals surface area contributed by atoms with E-state index in [0.29, 0.717) is 0 Å². The Balaban J connectivity index is 2.99. The molecule has 0 aromatic heterocycles. The third kappa shape index (κ3) is 12.4. The van der Waals surface area contributed by atoms with Crippen LogP contribution >= 0.6 is 7.49 Å². The fourth-order valence-electron chi connectivity index (χ4n) is 1.63. The van der Waals surface area contributed by atoms with E-state index in [1.807, 2.05) is 13.3 Å². The van der Waals surface area contributed by atoms with Crippen LogP contribution in [0.25, 0.3) is 0 Å². The van der Waals surface area contributed by atoms with Gasteiger partial charge >= 0.3 is 0 Å². The molecule has 0 aliphatic rings. The molecule has 14 heavy (non-hydrogen) atoms. The van der Waals surface area contributed by atoms with Gasteiger partial charge in [-0.05, 0) is 12.8 Å². The summed E-state index contributed by atoms with van der Waals surface area (Å²) < 4.78 is 0. The first-order valence-electron chi connectivity index (χ1n) is 6.12. The second kappa shape index (κ2) is 8.68. The maximum absolute atomic E-state index is 9.60. The highest BCUT2D eigenvalue weighted by Gasteiger charge is 2.18. The largest absolute Gasteiger partial charge is 0.252 e. The van der Waals surface area contributed by atoms with Gasteiger partial charge in [-0.2, -0.15) is 0 Å². The maximum atomic E-state index is 9.60. The summed E-state index contributed by atoms with van der Waals surface area (Å²) in [5.74, 6) is 0. The molecule has 0 aliphatic heterocycles. The van der Waals surface area contributed by atoms with Gasteiger partial charge in [0.05, 0.1) is 19.5 Å². The van der Waals surface area contributed by atoms with E-state index >= 15 is 0 Å². The molecular formula is C12H28OP+. The Hall–Kier alpha value is 0.390. The summed E-state index contributed by atoms with van der Waals surface area (Å²) >= 11 is 0. The minimum atomic E-state index is -1.48. The fourth-order valence-corrected chi connectivity index (χ4v) is 2.63. The summed E-state index contributed by atoms with van der Waals surface area (Å²) in [5.41, 5.74) is 0. The van der Waals surface area contributed by atoms with Crippen LogP contribution in [-0.2, 0) is 0 Å². The van der Waals surface area contributed by atoms with Gasteiger partial charge < -0.3 is 0 Å². The Kier molecular flexibility index (Phi) is 8.92. The Labute approximate surface area is 90.7 Å². The molecule has 0 spiro atoms. The molecule has 0 bridgehead atoms. The Morgan fingerprint density at radius 1 is 0.786 bits per heavy atom. The quantitative estimate of drug-likeness (QED) is 0.452. The average Bonchev–Trinajstić information content (AvgIpc) is 2.08. The molecule has 0 saturated heterocycles. The third-order valence-corrected chi connectivity index (χ3v) is 3.97. The zero-order valence-electron chi connectivity index (χ0n) is 10.3. The summed E-state index contributed by atoms with van der Waals surface area (Å²) in [5, 5.41) is 0. The summed E-state index contributed by atoms with van der Waals surface area (Å²) in [4.78, 5) is 9.60. The number of rotatable bonds is 9. The summed E-state index contributed by atoms with van der Waals surface area (Å²) in [6.07, 6.45) is 11.9. The summed E-state index contributed by atoms with van der Waals surface area (Å²) in [6.45, 7) is 6.27. The Morgan fingerprint density at radius 2 is 1.21 bits per heavy atom. The number of unbranched alkanes of at least 4 members (excludes halogenated alkanes) is 7. The normalized spacial score (nSPS) is 12.0. The van der Waals surface area contributed by atoms with Gasteiger partial charge in [-0.25, -0.2) is 0 Å². The van der Waals surface area contributed by atoms with E-state index in [-0.39, 0.29) is 0 Å². The van der Waals surface area contributed by atoms with Crippen molar-refractivity contribution < 1.29 is 4.89 Å². The van der Waals surface area contributed by atoms with Gasteiger partial charge in [-0.3, -0.25) is 4.89 Å². The van der Waals surface area contributed by atoms with Crippen LogP contribution in [0.15, 0.2) is 0 Å². The zero-order chi connectivity index (χ0) is 10.9.